The molecule has 0 unspecified atom stereocenters. The summed E-state index contributed by atoms with van der Waals surface area (Å²) < 4.78 is 16.2. The van der Waals surface area contributed by atoms with Gasteiger partial charge in [-0.05, 0) is 18.8 Å². The summed E-state index contributed by atoms with van der Waals surface area (Å²) in [6, 6.07) is 1.75. The van der Waals surface area contributed by atoms with Crippen LogP contribution in [0.3, 0.4) is 0 Å². The van der Waals surface area contributed by atoms with Gasteiger partial charge in [0.05, 0.1) is 21.3 Å². The zero-order valence-electron chi connectivity index (χ0n) is 13.4. The number of hydrogen-bond acceptors (Lipinski definition) is 4. The highest BCUT2D eigenvalue weighted by Crippen LogP contribution is 2.42. The fourth-order valence-corrected chi connectivity index (χ4v) is 2.25. The van der Waals surface area contributed by atoms with E-state index in [4.69, 9.17) is 14.2 Å². The van der Waals surface area contributed by atoms with Crippen molar-refractivity contribution >= 4 is 5.78 Å². The fourth-order valence-electron chi connectivity index (χ4n) is 2.25. The van der Waals surface area contributed by atoms with Gasteiger partial charge in [-0.15, -0.1) is 0 Å². The third kappa shape index (κ3) is 3.44. The molecule has 0 fully saturated rings. The minimum atomic E-state index is -0.0866. The quantitative estimate of drug-likeness (QED) is 0.774. The van der Waals surface area contributed by atoms with Crippen molar-refractivity contribution in [3.8, 4) is 17.2 Å². The Hall–Kier alpha value is -1.71. The highest BCUT2D eigenvalue weighted by molar-refractivity contribution is 6.00. The van der Waals surface area contributed by atoms with Crippen LogP contribution in [0.15, 0.2) is 6.07 Å². The molecule has 0 saturated carbocycles. The van der Waals surface area contributed by atoms with Crippen LogP contribution in [0.5, 0.6) is 17.2 Å². The monoisotopic (exact) mass is 280 g/mol. The molecule has 0 amide bonds. The molecular weight excluding hydrogens is 256 g/mol. The first-order chi connectivity index (χ1) is 9.25. The maximum absolute atomic E-state index is 11.9. The van der Waals surface area contributed by atoms with Crippen LogP contribution in [0, 0.1) is 5.41 Å². The molecular formula is C16H24O4. The van der Waals surface area contributed by atoms with Crippen molar-refractivity contribution < 1.29 is 19.0 Å². The molecule has 4 heteroatoms. The second-order valence-electron chi connectivity index (χ2n) is 5.96. The van der Waals surface area contributed by atoms with Gasteiger partial charge in [0.15, 0.2) is 5.78 Å². The van der Waals surface area contributed by atoms with Crippen molar-refractivity contribution in [3.05, 3.63) is 17.2 Å². The number of hydrogen-bond donors (Lipinski definition) is 0. The summed E-state index contributed by atoms with van der Waals surface area (Å²) in [4.78, 5) is 11.9. The molecule has 0 N–H and O–H groups in total. The summed E-state index contributed by atoms with van der Waals surface area (Å²) in [7, 11) is 4.70. The molecule has 0 aliphatic heterocycles. The standard InChI is InChI=1S/C16H24O4/c1-10(17)14-13(19-6)8-12(18-5)11(15(14)20-7)9-16(2,3)4/h8H,9H2,1-7H3. The Morgan fingerprint density at radius 2 is 1.60 bits per heavy atom. The van der Waals surface area contributed by atoms with Gasteiger partial charge in [0.2, 0.25) is 0 Å². The zero-order chi connectivity index (χ0) is 15.5. The van der Waals surface area contributed by atoms with E-state index in [2.05, 4.69) is 20.8 Å². The molecule has 0 aliphatic rings. The van der Waals surface area contributed by atoms with Gasteiger partial charge >= 0.3 is 0 Å². The predicted octanol–water partition coefficient (Wildman–Crippen LogP) is 3.50. The van der Waals surface area contributed by atoms with E-state index in [-0.39, 0.29) is 11.2 Å². The van der Waals surface area contributed by atoms with E-state index in [1.165, 1.54) is 14.0 Å². The van der Waals surface area contributed by atoms with Crippen molar-refractivity contribution in [1.82, 2.24) is 0 Å². The summed E-state index contributed by atoms with van der Waals surface area (Å²) in [6.07, 6.45) is 0.740. The topological polar surface area (TPSA) is 44.8 Å². The number of carbonyl (C=O) groups excluding carboxylic acids is 1. The van der Waals surface area contributed by atoms with E-state index >= 15 is 0 Å². The molecule has 112 valence electrons. The van der Waals surface area contributed by atoms with Gasteiger partial charge in [-0.25, -0.2) is 0 Å². The average molecular weight is 280 g/mol. The molecule has 0 aromatic heterocycles. The average Bonchev–Trinajstić information content (AvgIpc) is 2.35. The van der Waals surface area contributed by atoms with E-state index in [0.717, 1.165) is 12.0 Å². The van der Waals surface area contributed by atoms with E-state index in [1.807, 2.05) is 0 Å². The van der Waals surface area contributed by atoms with Crippen LogP contribution >= 0.6 is 0 Å². The maximum Gasteiger partial charge on any atom is 0.167 e. The molecule has 4 nitrogen and oxygen atoms in total. The molecule has 0 bridgehead atoms. The van der Waals surface area contributed by atoms with Crippen LogP contribution in [0.2, 0.25) is 0 Å². The minimum Gasteiger partial charge on any atom is -0.496 e. The summed E-state index contributed by atoms with van der Waals surface area (Å²) in [5.74, 6) is 1.61. The van der Waals surface area contributed by atoms with Gasteiger partial charge in [0, 0.05) is 11.6 Å². The van der Waals surface area contributed by atoms with Crippen LogP contribution in [-0.2, 0) is 6.42 Å². The number of benzene rings is 1. The Kier molecular flexibility index (Phi) is 5.03. The number of ketones is 1. The second kappa shape index (κ2) is 6.16. The van der Waals surface area contributed by atoms with Gasteiger partial charge in [-0.1, -0.05) is 20.8 Å². The fraction of sp³-hybridized carbons (Fsp3) is 0.562. The summed E-state index contributed by atoms with van der Waals surface area (Å²) in [5.41, 5.74) is 1.41. The van der Waals surface area contributed by atoms with Gasteiger partial charge in [0.25, 0.3) is 0 Å². The molecule has 1 aromatic rings. The summed E-state index contributed by atoms with van der Waals surface area (Å²) >= 11 is 0. The molecule has 0 radical (unpaired) electrons. The Labute approximate surface area is 121 Å². The van der Waals surface area contributed by atoms with Crippen molar-refractivity contribution in [1.29, 1.82) is 0 Å². The first-order valence-corrected chi connectivity index (χ1v) is 6.58. The third-order valence-corrected chi connectivity index (χ3v) is 3.01. The molecule has 1 aromatic carbocycles. The highest BCUT2D eigenvalue weighted by Gasteiger charge is 2.26. The molecule has 20 heavy (non-hydrogen) atoms. The lowest BCUT2D eigenvalue weighted by atomic mass is 9.86. The number of ether oxygens (including phenoxy) is 3. The molecule has 0 spiro atoms. The van der Waals surface area contributed by atoms with Crippen LogP contribution in [-0.4, -0.2) is 27.1 Å². The number of methoxy groups -OCH3 is 3. The predicted molar refractivity (Wildman–Crippen MR) is 79.3 cm³/mol. The first kappa shape index (κ1) is 16.3. The lowest BCUT2D eigenvalue weighted by Crippen LogP contribution is -2.13. The van der Waals surface area contributed by atoms with Gasteiger partial charge in [0.1, 0.15) is 22.8 Å². The van der Waals surface area contributed by atoms with E-state index in [9.17, 15) is 4.79 Å². The highest BCUT2D eigenvalue weighted by atomic mass is 16.5. The second-order valence-corrected chi connectivity index (χ2v) is 5.96. The van der Waals surface area contributed by atoms with Crippen molar-refractivity contribution in [3.63, 3.8) is 0 Å². The molecule has 0 aliphatic carbocycles. The summed E-state index contributed by atoms with van der Waals surface area (Å²) in [5, 5.41) is 0. The molecule has 0 atom stereocenters. The Morgan fingerprint density at radius 3 is 1.95 bits per heavy atom. The van der Waals surface area contributed by atoms with Crippen LogP contribution in [0.4, 0.5) is 0 Å². The van der Waals surface area contributed by atoms with Crippen LogP contribution in [0.25, 0.3) is 0 Å². The zero-order valence-corrected chi connectivity index (χ0v) is 13.4. The normalized spacial score (nSPS) is 11.2. The Bertz CT molecular complexity index is 498. The van der Waals surface area contributed by atoms with Crippen molar-refractivity contribution in [2.75, 3.05) is 21.3 Å². The number of Topliss-reactive ketones (excluding diaryl/α,β-unsaturated/α-hetero) is 1. The molecule has 1 rings (SSSR count). The summed E-state index contributed by atoms with van der Waals surface area (Å²) in [6.45, 7) is 7.89. The maximum atomic E-state index is 11.9. The molecule has 0 heterocycles. The smallest absolute Gasteiger partial charge is 0.167 e. The number of rotatable bonds is 5. The van der Waals surface area contributed by atoms with Crippen molar-refractivity contribution in [2.45, 2.75) is 34.1 Å². The van der Waals surface area contributed by atoms with Crippen LogP contribution in [0.1, 0.15) is 43.6 Å². The van der Waals surface area contributed by atoms with E-state index < -0.39 is 0 Å². The van der Waals surface area contributed by atoms with Crippen molar-refractivity contribution in [2.24, 2.45) is 5.41 Å². The SMILES string of the molecule is COc1cc(OC)c(C(C)=O)c(OC)c1CC(C)(C)C. The molecule has 0 saturated heterocycles. The van der Waals surface area contributed by atoms with E-state index in [0.29, 0.717) is 22.8 Å². The lowest BCUT2D eigenvalue weighted by molar-refractivity contribution is 0.101. The lowest BCUT2D eigenvalue weighted by Gasteiger charge is -2.24. The van der Waals surface area contributed by atoms with Gasteiger partial charge in [-0.2, -0.15) is 0 Å². The first-order valence-electron chi connectivity index (χ1n) is 6.58. The number of carbonyl (C=O) groups is 1. The minimum absolute atomic E-state index is 0.0448. The van der Waals surface area contributed by atoms with Gasteiger partial charge < -0.3 is 14.2 Å². The Balaban J connectivity index is 3.62. The Morgan fingerprint density at radius 1 is 1.05 bits per heavy atom. The van der Waals surface area contributed by atoms with E-state index in [1.54, 1.807) is 20.3 Å². The third-order valence-electron chi connectivity index (χ3n) is 3.01. The largest absolute Gasteiger partial charge is 0.496 e. The van der Waals surface area contributed by atoms with Crippen LogP contribution < -0.4 is 14.2 Å². The van der Waals surface area contributed by atoms with Gasteiger partial charge in [-0.3, -0.25) is 4.79 Å².